The Hall–Kier alpha value is -3.90. The van der Waals surface area contributed by atoms with Crippen LogP contribution in [-0.2, 0) is 6.18 Å². The summed E-state index contributed by atoms with van der Waals surface area (Å²) in [5, 5.41) is 1.66. The van der Waals surface area contributed by atoms with Gasteiger partial charge in [0.15, 0.2) is 34.8 Å². The Morgan fingerprint density at radius 2 is 1.60 bits per heavy atom. The summed E-state index contributed by atoms with van der Waals surface area (Å²) in [6.45, 7) is -0.0584. The third-order valence-corrected chi connectivity index (χ3v) is 5.05. The summed E-state index contributed by atoms with van der Waals surface area (Å²) < 4.78 is 113. The van der Waals surface area contributed by atoms with Gasteiger partial charge in [-0.1, -0.05) is 12.1 Å². The highest BCUT2D eigenvalue weighted by Gasteiger charge is 2.32. The molecule has 0 bridgehead atoms. The minimum atomic E-state index is -4.62. The van der Waals surface area contributed by atoms with Crippen molar-refractivity contribution in [3.05, 3.63) is 71.0 Å². The number of pyridine rings is 1. The number of carbonyl (C=O) groups is 1. The first kappa shape index (κ1) is 24.2. The molecule has 35 heavy (non-hydrogen) atoms. The SMILES string of the molecule is O=C(Nc1c(F)c(F)c(F)c(F)c1F)N1CCCOc2ccc(-c3cccc(C(F)(F)F)c3)nc21. The van der Waals surface area contributed by atoms with E-state index in [2.05, 4.69) is 4.98 Å². The van der Waals surface area contributed by atoms with E-state index >= 15 is 0 Å². The lowest BCUT2D eigenvalue weighted by atomic mass is 10.1. The van der Waals surface area contributed by atoms with Crippen LogP contribution in [0.5, 0.6) is 5.75 Å². The van der Waals surface area contributed by atoms with Crippen molar-refractivity contribution < 1.29 is 44.7 Å². The van der Waals surface area contributed by atoms with Gasteiger partial charge in [0, 0.05) is 12.1 Å². The number of halogens is 8. The van der Waals surface area contributed by atoms with Crippen molar-refractivity contribution in [2.75, 3.05) is 23.4 Å². The molecular weight excluding hydrogens is 490 g/mol. The molecule has 0 saturated heterocycles. The van der Waals surface area contributed by atoms with Crippen LogP contribution in [0.4, 0.5) is 51.4 Å². The smallest absolute Gasteiger partial charge is 0.416 e. The van der Waals surface area contributed by atoms with E-state index in [1.165, 1.54) is 18.2 Å². The Morgan fingerprint density at radius 3 is 2.26 bits per heavy atom. The number of ether oxygens (including phenoxy) is 1. The number of anilines is 2. The van der Waals surface area contributed by atoms with Crippen molar-refractivity contribution in [1.29, 1.82) is 0 Å². The van der Waals surface area contributed by atoms with E-state index in [9.17, 15) is 39.9 Å². The highest BCUT2D eigenvalue weighted by molar-refractivity contribution is 6.02. The van der Waals surface area contributed by atoms with E-state index in [-0.39, 0.29) is 42.4 Å². The van der Waals surface area contributed by atoms with Gasteiger partial charge in [-0.25, -0.2) is 31.7 Å². The largest absolute Gasteiger partial charge is 0.490 e. The van der Waals surface area contributed by atoms with Crippen LogP contribution in [0.2, 0.25) is 0 Å². The second-order valence-electron chi connectivity index (χ2n) is 7.33. The molecule has 1 aliphatic rings. The molecule has 0 saturated carbocycles. The van der Waals surface area contributed by atoms with E-state index in [4.69, 9.17) is 4.74 Å². The van der Waals surface area contributed by atoms with E-state index in [1.807, 2.05) is 0 Å². The van der Waals surface area contributed by atoms with Crippen molar-refractivity contribution in [2.24, 2.45) is 0 Å². The maximum absolute atomic E-state index is 14.0. The molecule has 13 heteroatoms. The van der Waals surface area contributed by atoms with E-state index in [0.29, 0.717) is 0 Å². The Balaban J connectivity index is 1.73. The Morgan fingerprint density at radius 1 is 0.943 bits per heavy atom. The highest BCUT2D eigenvalue weighted by atomic mass is 19.4. The first-order valence-electron chi connectivity index (χ1n) is 9.90. The number of fused-ring (bicyclic) bond motifs is 1. The first-order valence-corrected chi connectivity index (χ1v) is 9.90. The predicted octanol–water partition coefficient (Wildman–Crippen LogP) is 6.28. The summed E-state index contributed by atoms with van der Waals surface area (Å²) in [6.07, 6.45) is -4.43. The zero-order chi connectivity index (χ0) is 25.5. The van der Waals surface area contributed by atoms with E-state index in [0.717, 1.165) is 23.1 Å². The summed E-state index contributed by atoms with van der Waals surface area (Å²) in [6, 6.07) is 5.59. The van der Waals surface area contributed by atoms with Gasteiger partial charge in [-0.2, -0.15) is 13.2 Å². The van der Waals surface area contributed by atoms with Gasteiger partial charge < -0.3 is 10.1 Å². The third kappa shape index (κ3) is 4.57. The molecule has 0 aliphatic carbocycles. The molecule has 4 rings (SSSR count). The lowest BCUT2D eigenvalue weighted by Crippen LogP contribution is -2.36. The summed E-state index contributed by atoms with van der Waals surface area (Å²) in [7, 11) is 0. The van der Waals surface area contributed by atoms with Crippen molar-refractivity contribution in [3.63, 3.8) is 0 Å². The van der Waals surface area contributed by atoms with Gasteiger partial charge in [0.05, 0.1) is 17.9 Å². The van der Waals surface area contributed by atoms with Gasteiger partial charge in [-0.3, -0.25) is 4.90 Å². The molecule has 1 aromatic heterocycles. The molecule has 184 valence electrons. The fourth-order valence-corrected chi connectivity index (χ4v) is 3.35. The van der Waals surface area contributed by atoms with Crippen LogP contribution in [0.25, 0.3) is 11.3 Å². The van der Waals surface area contributed by atoms with E-state index < -0.39 is 52.5 Å². The third-order valence-electron chi connectivity index (χ3n) is 5.05. The molecule has 0 unspecified atom stereocenters. The highest BCUT2D eigenvalue weighted by Crippen LogP contribution is 2.36. The number of nitrogens with zero attached hydrogens (tertiary/aromatic N) is 2. The fraction of sp³-hybridized carbons (Fsp3) is 0.182. The maximum Gasteiger partial charge on any atom is 0.416 e. The lowest BCUT2D eigenvalue weighted by molar-refractivity contribution is -0.137. The van der Waals surface area contributed by atoms with Crippen LogP contribution in [0.3, 0.4) is 0 Å². The van der Waals surface area contributed by atoms with Crippen molar-refractivity contribution >= 4 is 17.5 Å². The second-order valence-corrected chi connectivity index (χ2v) is 7.33. The number of carbonyl (C=O) groups excluding carboxylic acids is 1. The summed E-state index contributed by atoms with van der Waals surface area (Å²) in [4.78, 5) is 17.8. The zero-order valence-electron chi connectivity index (χ0n) is 17.3. The Labute approximate surface area is 191 Å². The zero-order valence-corrected chi connectivity index (χ0v) is 17.3. The molecular formula is C22H13F8N3O2. The van der Waals surface area contributed by atoms with Crippen molar-refractivity contribution in [3.8, 4) is 17.0 Å². The van der Waals surface area contributed by atoms with Crippen molar-refractivity contribution in [2.45, 2.75) is 12.6 Å². The van der Waals surface area contributed by atoms with Gasteiger partial charge in [0.2, 0.25) is 5.82 Å². The Kier molecular flexibility index (Phi) is 6.26. The molecule has 0 atom stereocenters. The molecule has 1 N–H and O–H groups in total. The molecule has 1 aliphatic heterocycles. The van der Waals surface area contributed by atoms with Crippen LogP contribution in [-0.4, -0.2) is 24.2 Å². The Bertz CT molecular complexity index is 1280. The number of amides is 2. The predicted molar refractivity (Wildman–Crippen MR) is 107 cm³/mol. The molecule has 3 aromatic rings. The van der Waals surface area contributed by atoms with Crippen LogP contribution in [0, 0.1) is 29.1 Å². The molecule has 0 spiro atoms. The summed E-state index contributed by atoms with van der Waals surface area (Å²) in [5.41, 5.74) is -2.45. The average Bonchev–Trinajstić information content (AvgIpc) is 3.05. The number of nitrogens with one attached hydrogen (secondary N) is 1. The number of aromatic nitrogens is 1. The van der Waals surface area contributed by atoms with Crippen LogP contribution in [0.15, 0.2) is 36.4 Å². The van der Waals surface area contributed by atoms with Gasteiger partial charge >= 0.3 is 12.2 Å². The number of benzene rings is 2. The molecule has 2 amide bonds. The molecule has 5 nitrogen and oxygen atoms in total. The monoisotopic (exact) mass is 503 g/mol. The normalized spacial score (nSPS) is 13.7. The first-order chi connectivity index (χ1) is 16.5. The second kappa shape index (κ2) is 9.04. The molecule has 0 fully saturated rings. The standard InChI is InChI=1S/C22H13F8N3O2/c23-14-15(24)17(26)19(18(27)16(14)25)32-21(34)33-7-2-8-35-13-6-5-12(31-20(13)33)10-3-1-4-11(9-10)22(28,29)30/h1,3-6,9H,2,7-8H2,(H,32,34). The molecule has 2 aromatic carbocycles. The fourth-order valence-electron chi connectivity index (χ4n) is 3.35. The van der Waals surface area contributed by atoms with Gasteiger partial charge in [-0.05, 0) is 30.7 Å². The molecule has 2 heterocycles. The van der Waals surface area contributed by atoms with Crippen LogP contribution >= 0.6 is 0 Å². The minimum Gasteiger partial charge on any atom is -0.490 e. The van der Waals surface area contributed by atoms with Crippen molar-refractivity contribution in [1.82, 2.24) is 4.98 Å². The average molecular weight is 503 g/mol. The van der Waals surface area contributed by atoms with Crippen LogP contribution < -0.4 is 15.0 Å². The molecule has 0 radical (unpaired) electrons. The van der Waals surface area contributed by atoms with Crippen LogP contribution in [0.1, 0.15) is 12.0 Å². The van der Waals surface area contributed by atoms with Gasteiger partial charge in [0.25, 0.3) is 0 Å². The quantitative estimate of drug-likeness (QED) is 0.254. The summed E-state index contributed by atoms with van der Waals surface area (Å²) >= 11 is 0. The minimum absolute atomic E-state index is 0.00869. The maximum atomic E-state index is 14.0. The number of alkyl halides is 3. The van der Waals surface area contributed by atoms with E-state index in [1.54, 1.807) is 5.32 Å². The van der Waals surface area contributed by atoms with Gasteiger partial charge in [0.1, 0.15) is 5.69 Å². The number of hydrogen-bond donors (Lipinski definition) is 1. The number of hydrogen-bond acceptors (Lipinski definition) is 3. The number of urea groups is 1. The topological polar surface area (TPSA) is 54.5 Å². The summed E-state index contributed by atoms with van der Waals surface area (Å²) in [5.74, 6) is -11.6. The number of rotatable bonds is 2. The lowest BCUT2D eigenvalue weighted by Gasteiger charge is -2.22. The van der Waals surface area contributed by atoms with Gasteiger partial charge in [-0.15, -0.1) is 0 Å².